The lowest BCUT2D eigenvalue weighted by Crippen LogP contribution is -2.13. The minimum Gasteiger partial charge on any atom is -0.434 e. The van der Waals surface area contributed by atoms with Crippen LogP contribution in [0.5, 0.6) is 0 Å². The molecule has 1 N–H and O–H groups in total. The van der Waals surface area contributed by atoms with Crippen LogP contribution in [0.2, 0.25) is 0 Å². The van der Waals surface area contributed by atoms with Crippen molar-refractivity contribution in [1.82, 2.24) is 15.0 Å². The molecule has 0 saturated heterocycles. The fourth-order valence-electron chi connectivity index (χ4n) is 2.34. The zero-order chi connectivity index (χ0) is 17.2. The molecule has 0 atom stereocenters. The third-order valence-corrected chi connectivity index (χ3v) is 3.54. The molecule has 0 radical (unpaired) electrons. The third-order valence-electron chi connectivity index (χ3n) is 3.54. The maximum absolute atomic E-state index is 13.0. The fraction of sp³-hybridized carbons (Fsp3) is 0. The van der Waals surface area contributed by atoms with Crippen molar-refractivity contribution in [3.63, 3.8) is 0 Å². The molecule has 3 aromatic heterocycles. The zero-order valence-corrected chi connectivity index (χ0v) is 12.8. The molecule has 7 heteroatoms. The Morgan fingerprint density at radius 1 is 1.00 bits per heavy atom. The number of benzene rings is 1. The first kappa shape index (κ1) is 14.9. The summed E-state index contributed by atoms with van der Waals surface area (Å²) < 4.78 is 18.7. The van der Waals surface area contributed by atoms with Gasteiger partial charge in [0.1, 0.15) is 11.6 Å². The van der Waals surface area contributed by atoms with Crippen molar-refractivity contribution in [3.05, 3.63) is 72.3 Å². The van der Waals surface area contributed by atoms with Crippen molar-refractivity contribution < 1.29 is 13.6 Å². The van der Waals surface area contributed by atoms with Gasteiger partial charge in [0.2, 0.25) is 5.89 Å². The minimum absolute atomic E-state index is 0.295. The number of pyridine rings is 2. The summed E-state index contributed by atoms with van der Waals surface area (Å²) in [6.07, 6.45) is 3.17. The lowest BCUT2D eigenvalue weighted by atomic mass is 10.2. The number of rotatable bonds is 3. The van der Waals surface area contributed by atoms with Crippen LogP contribution in [0, 0.1) is 5.82 Å². The number of nitrogens with one attached hydrogen (secondary N) is 1. The smallest absolute Gasteiger partial charge is 0.256 e. The van der Waals surface area contributed by atoms with E-state index in [1.807, 2.05) is 0 Å². The van der Waals surface area contributed by atoms with Crippen LogP contribution in [0.15, 0.2) is 65.3 Å². The van der Waals surface area contributed by atoms with Crippen molar-refractivity contribution in [2.24, 2.45) is 0 Å². The van der Waals surface area contributed by atoms with E-state index in [1.165, 1.54) is 24.3 Å². The van der Waals surface area contributed by atoms with Gasteiger partial charge in [-0.3, -0.25) is 4.79 Å². The Labute approximate surface area is 141 Å². The number of oxazole rings is 1. The molecule has 0 fully saturated rings. The number of aromatic nitrogens is 3. The third kappa shape index (κ3) is 2.94. The maximum atomic E-state index is 13.0. The van der Waals surface area contributed by atoms with E-state index >= 15 is 0 Å². The van der Waals surface area contributed by atoms with Crippen LogP contribution in [0.1, 0.15) is 10.4 Å². The van der Waals surface area contributed by atoms with Gasteiger partial charge in [0.05, 0.1) is 5.56 Å². The lowest BCUT2D eigenvalue weighted by molar-refractivity contribution is 0.102. The first-order valence-corrected chi connectivity index (χ1v) is 7.44. The van der Waals surface area contributed by atoms with Gasteiger partial charge in [-0.2, -0.15) is 4.98 Å². The highest BCUT2D eigenvalue weighted by atomic mass is 19.1. The number of hydrogen-bond acceptors (Lipinski definition) is 5. The van der Waals surface area contributed by atoms with Crippen LogP contribution >= 0.6 is 0 Å². The Kier molecular flexibility index (Phi) is 3.66. The minimum atomic E-state index is -0.408. The van der Waals surface area contributed by atoms with Gasteiger partial charge in [-0.15, -0.1) is 0 Å². The van der Waals surface area contributed by atoms with E-state index < -0.39 is 11.7 Å². The Bertz CT molecular complexity index is 1030. The average Bonchev–Trinajstić information content (AvgIpc) is 3.06. The predicted octanol–water partition coefficient (Wildman–Crippen LogP) is 3.68. The van der Waals surface area contributed by atoms with Gasteiger partial charge in [-0.25, -0.2) is 14.4 Å². The highest BCUT2D eigenvalue weighted by Gasteiger charge is 2.16. The summed E-state index contributed by atoms with van der Waals surface area (Å²) in [5, 5.41) is 2.70. The van der Waals surface area contributed by atoms with E-state index in [0.717, 1.165) is 0 Å². The topological polar surface area (TPSA) is 80.9 Å². The highest BCUT2D eigenvalue weighted by Crippen LogP contribution is 2.28. The molecular weight excluding hydrogens is 323 g/mol. The second-order valence-corrected chi connectivity index (χ2v) is 5.20. The first-order valence-electron chi connectivity index (χ1n) is 7.44. The zero-order valence-electron chi connectivity index (χ0n) is 12.8. The van der Waals surface area contributed by atoms with Gasteiger partial charge >= 0.3 is 0 Å². The molecule has 1 amide bonds. The molecule has 4 aromatic rings. The molecule has 3 heterocycles. The first-order chi connectivity index (χ1) is 12.2. The Morgan fingerprint density at radius 2 is 1.76 bits per heavy atom. The molecule has 0 bridgehead atoms. The van der Waals surface area contributed by atoms with Crippen LogP contribution in [-0.4, -0.2) is 20.9 Å². The van der Waals surface area contributed by atoms with Crippen LogP contribution in [0.25, 0.3) is 22.7 Å². The van der Waals surface area contributed by atoms with Gasteiger partial charge in [0.25, 0.3) is 5.91 Å². The quantitative estimate of drug-likeness (QED) is 0.618. The van der Waals surface area contributed by atoms with Gasteiger partial charge in [0.15, 0.2) is 11.2 Å². The monoisotopic (exact) mass is 334 g/mol. The number of halogens is 1. The summed E-state index contributed by atoms with van der Waals surface area (Å²) in [6, 6.07) is 12.2. The Balaban J connectivity index is 1.69. The molecule has 6 nitrogen and oxygen atoms in total. The number of carbonyl (C=O) groups is 1. The largest absolute Gasteiger partial charge is 0.434 e. The van der Waals surface area contributed by atoms with Crippen molar-refractivity contribution in [3.8, 4) is 11.5 Å². The summed E-state index contributed by atoms with van der Waals surface area (Å²) in [4.78, 5) is 25.0. The van der Waals surface area contributed by atoms with E-state index in [2.05, 4.69) is 20.3 Å². The molecule has 0 aliphatic heterocycles. The van der Waals surface area contributed by atoms with E-state index in [0.29, 0.717) is 34.1 Å². The van der Waals surface area contributed by atoms with E-state index in [4.69, 9.17) is 4.42 Å². The van der Waals surface area contributed by atoms with Crippen molar-refractivity contribution in [2.75, 3.05) is 5.32 Å². The van der Waals surface area contributed by atoms with Crippen LogP contribution < -0.4 is 5.32 Å². The second-order valence-electron chi connectivity index (χ2n) is 5.20. The molecular formula is C18H11FN4O2. The Morgan fingerprint density at radius 3 is 2.56 bits per heavy atom. The standard InChI is InChI=1S/C18H11FN4O2/c19-12-7-5-11(6-8-12)17(24)22-15-13(3-1-9-20-15)18-23-16-14(25-18)4-2-10-21-16/h1-10H,(H,20,22,24). The predicted molar refractivity (Wildman–Crippen MR) is 89.4 cm³/mol. The molecule has 0 aliphatic carbocycles. The molecule has 0 spiro atoms. The maximum Gasteiger partial charge on any atom is 0.256 e. The Hall–Kier alpha value is -3.61. The van der Waals surface area contributed by atoms with E-state index in [9.17, 15) is 9.18 Å². The number of hydrogen-bond donors (Lipinski definition) is 1. The lowest BCUT2D eigenvalue weighted by Gasteiger charge is -2.07. The summed E-state index contributed by atoms with van der Waals surface area (Å²) in [7, 11) is 0. The van der Waals surface area contributed by atoms with Gasteiger partial charge in [-0.1, -0.05) is 0 Å². The number of fused-ring (bicyclic) bond motifs is 1. The summed E-state index contributed by atoms with van der Waals surface area (Å²) >= 11 is 0. The molecule has 122 valence electrons. The molecule has 1 aromatic carbocycles. The molecule has 0 aliphatic rings. The molecule has 0 unspecified atom stereocenters. The highest BCUT2D eigenvalue weighted by molar-refractivity contribution is 6.05. The normalized spacial score (nSPS) is 10.8. The second kappa shape index (κ2) is 6.12. The van der Waals surface area contributed by atoms with Crippen molar-refractivity contribution in [2.45, 2.75) is 0 Å². The summed E-state index contributed by atoms with van der Waals surface area (Å²) in [5.74, 6) is -0.220. The number of anilines is 1. The van der Waals surface area contributed by atoms with Crippen molar-refractivity contribution in [1.29, 1.82) is 0 Å². The van der Waals surface area contributed by atoms with Crippen LogP contribution in [-0.2, 0) is 0 Å². The average molecular weight is 334 g/mol. The van der Waals surface area contributed by atoms with E-state index in [-0.39, 0.29) is 0 Å². The van der Waals surface area contributed by atoms with Crippen LogP contribution in [0.4, 0.5) is 10.2 Å². The van der Waals surface area contributed by atoms with Gasteiger partial charge < -0.3 is 9.73 Å². The fourth-order valence-corrected chi connectivity index (χ4v) is 2.34. The molecule has 4 rings (SSSR count). The number of nitrogens with zero attached hydrogens (tertiary/aromatic N) is 3. The number of carbonyl (C=O) groups excluding carboxylic acids is 1. The molecule has 0 saturated carbocycles. The van der Waals surface area contributed by atoms with E-state index in [1.54, 1.807) is 36.7 Å². The summed E-state index contributed by atoms with van der Waals surface area (Å²) in [5.41, 5.74) is 1.85. The van der Waals surface area contributed by atoms with Gasteiger partial charge in [0, 0.05) is 18.0 Å². The molecule has 25 heavy (non-hydrogen) atoms. The summed E-state index contributed by atoms with van der Waals surface area (Å²) in [6.45, 7) is 0. The SMILES string of the molecule is O=C(Nc1ncccc1-c1nc2ncccc2o1)c1ccc(F)cc1. The number of amides is 1. The van der Waals surface area contributed by atoms with Crippen LogP contribution in [0.3, 0.4) is 0 Å². The van der Waals surface area contributed by atoms with Gasteiger partial charge in [-0.05, 0) is 48.5 Å². The van der Waals surface area contributed by atoms with Crippen molar-refractivity contribution >= 4 is 23.0 Å².